The van der Waals surface area contributed by atoms with E-state index >= 15 is 0 Å². The molecule has 1 rings (SSSR count). The number of hydrogen-bond acceptors (Lipinski definition) is 2. The van der Waals surface area contributed by atoms with Gasteiger partial charge in [-0.2, -0.15) is 0 Å². The Hall–Kier alpha value is -0.980. The highest BCUT2D eigenvalue weighted by atomic mass is 127. The Labute approximate surface area is 145 Å². The summed E-state index contributed by atoms with van der Waals surface area (Å²) in [6, 6.07) is 8.11. The summed E-state index contributed by atoms with van der Waals surface area (Å²) in [6.45, 7) is 8.02. The normalized spacial score (nSPS) is 11.7. The monoisotopic (exact) mass is 405 g/mol. The van der Waals surface area contributed by atoms with E-state index in [0.717, 1.165) is 25.1 Å². The van der Waals surface area contributed by atoms with Crippen LogP contribution in [-0.2, 0) is 5.41 Å². The Kier molecular flexibility index (Phi) is 9.41. The van der Waals surface area contributed by atoms with Gasteiger partial charge in [0.25, 0.3) is 0 Å². The quantitative estimate of drug-likeness (QED) is 0.317. The summed E-state index contributed by atoms with van der Waals surface area (Å²) >= 11 is 0. The van der Waals surface area contributed by atoms with Crippen LogP contribution in [0.5, 0.6) is 5.75 Å². The highest BCUT2D eigenvalue weighted by Gasteiger charge is 2.20. The zero-order valence-electron chi connectivity index (χ0n) is 13.5. The molecule has 0 unspecified atom stereocenters. The average molecular weight is 405 g/mol. The first-order chi connectivity index (χ1) is 9.49. The molecule has 5 heteroatoms. The molecule has 0 saturated heterocycles. The summed E-state index contributed by atoms with van der Waals surface area (Å²) in [4.78, 5) is 4.44. The Morgan fingerprint density at radius 2 is 1.90 bits per heavy atom. The van der Waals surface area contributed by atoms with Gasteiger partial charge in [0.2, 0.25) is 0 Å². The molecular formula is C16H28IN3O. The number of ether oxygens (including phenoxy) is 1. The first-order valence-electron chi connectivity index (χ1n) is 7.18. The number of benzene rings is 1. The van der Waals surface area contributed by atoms with E-state index in [9.17, 15) is 0 Å². The van der Waals surface area contributed by atoms with Crippen LogP contribution >= 0.6 is 24.0 Å². The van der Waals surface area contributed by atoms with Gasteiger partial charge < -0.3 is 15.8 Å². The minimum Gasteiger partial charge on any atom is -0.497 e. The number of aliphatic imine (C=N–C) groups is 1. The zero-order chi connectivity index (χ0) is 15.0. The van der Waals surface area contributed by atoms with Crippen LogP contribution in [0.15, 0.2) is 29.3 Å². The SMILES string of the molecule is CCCCNC(N)=NCC(C)(C)c1ccc(OC)cc1.I. The van der Waals surface area contributed by atoms with E-state index in [1.807, 2.05) is 12.1 Å². The average Bonchev–Trinajstić information content (AvgIpc) is 2.45. The third-order valence-corrected chi connectivity index (χ3v) is 3.35. The fourth-order valence-electron chi connectivity index (χ4n) is 1.87. The van der Waals surface area contributed by atoms with Crippen molar-refractivity contribution in [2.24, 2.45) is 10.7 Å². The molecule has 21 heavy (non-hydrogen) atoms. The molecule has 1 aromatic rings. The third kappa shape index (κ3) is 7.02. The molecule has 0 aliphatic rings. The predicted molar refractivity (Wildman–Crippen MR) is 101 cm³/mol. The van der Waals surface area contributed by atoms with Crippen molar-refractivity contribution in [2.45, 2.75) is 39.0 Å². The van der Waals surface area contributed by atoms with Gasteiger partial charge in [-0.25, -0.2) is 0 Å². The topological polar surface area (TPSA) is 59.6 Å². The molecule has 0 spiro atoms. The van der Waals surface area contributed by atoms with Gasteiger partial charge in [0.05, 0.1) is 13.7 Å². The van der Waals surface area contributed by atoms with Crippen LogP contribution in [0, 0.1) is 0 Å². The molecule has 0 radical (unpaired) electrons. The summed E-state index contributed by atoms with van der Waals surface area (Å²) < 4.78 is 5.18. The lowest BCUT2D eigenvalue weighted by Crippen LogP contribution is -2.34. The fraction of sp³-hybridized carbons (Fsp3) is 0.562. The van der Waals surface area contributed by atoms with E-state index in [1.54, 1.807) is 7.11 Å². The van der Waals surface area contributed by atoms with E-state index in [4.69, 9.17) is 10.5 Å². The molecule has 0 atom stereocenters. The number of guanidine groups is 1. The van der Waals surface area contributed by atoms with Crippen molar-refractivity contribution in [2.75, 3.05) is 20.2 Å². The predicted octanol–water partition coefficient (Wildman–Crippen LogP) is 3.30. The molecule has 3 N–H and O–H groups in total. The van der Waals surface area contributed by atoms with Crippen LogP contribution in [0.25, 0.3) is 0 Å². The molecule has 4 nitrogen and oxygen atoms in total. The van der Waals surface area contributed by atoms with E-state index in [2.05, 4.69) is 43.2 Å². The summed E-state index contributed by atoms with van der Waals surface area (Å²) in [5.41, 5.74) is 7.04. The second-order valence-electron chi connectivity index (χ2n) is 5.59. The van der Waals surface area contributed by atoms with Gasteiger partial charge in [0.15, 0.2) is 5.96 Å². The van der Waals surface area contributed by atoms with Crippen LogP contribution in [0.2, 0.25) is 0 Å². The van der Waals surface area contributed by atoms with Crippen LogP contribution in [-0.4, -0.2) is 26.2 Å². The van der Waals surface area contributed by atoms with Crippen molar-refractivity contribution in [3.63, 3.8) is 0 Å². The Bertz CT molecular complexity index is 430. The number of halogens is 1. The molecule has 120 valence electrons. The lowest BCUT2D eigenvalue weighted by molar-refractivity contribution is 0.414. The number of methoxy groups -OCH3 is 1. The van der Waals surface area contributed by atoms with Gasteiger partial charge in [-0.3, -0.25) is 4.99 Å². The number of hydrogen-bond donors (Lipinski definition) is 2. The van der Waals surface area contributed by atoms with E-state index in [0.29, 0.717) is 12.5 Å². The lowest BCUT2D eigenvalue weighted by atomic mass is 9.85. The second kappa shape index (κ2) is 9.87. The first-order valence-corrected chi connectivity index (χ1v) is 7.18. The molecule has 1 aromatic carbocycles. The lowest BCUT2D eigenvalue weighted by Gasteiger charge is -2.23. The van der Waals surface area contributed by atoms with Crippen molar-refractivity contribution in [1.29, 1.82) is 0 Å². The van der Waals surface area contributed by atoms with Crippen molar-refractivity contribution in [3.05, 3.63) is 29.8 Å². The van der Waals surface area contributed by atoms with Crippen molar-refractivity contribution in [1.82, 2.24) is 5.32 Å². The molecule has 0 aliphatic heterocycles. The van der Waals surface area contributed by atoms with Crippen LogP contribution in [0.4, 0.5) is 0 Å². The fourth-order valence-corrected chi connectivity index (χ4v) is 1.87. The van der Waals surface area contributed by atoms with Gasteiger partial charge >= 0.3 is 0 Å². The number of nitrogens with zero attached hydrogens (tertiary/aromatic N) is 1. The van der Waals surface area contributed by atoms with E-state index in [-0.39, 0.29) is 29.4 Å². The second-order valence-corrected chi connectivity index (χ2v) is 5.59. The number of nitrogens with one attached hydrogen (secondary N) is 1. The molecule has 0 heterocycles. The first kappa shape index (κ1) is 20.0. The number of nitrogens with two attached hydrogens (primary N) is 1. The summed E-state index contributed by atoms with van der Waals surface area (Å²) in [6.07, 6.45) is 2.26. The van der Waals surface area contributed by atoms with Gasteiger partial charge in [0.1, 0.15) is 5.75 Å². The van der Waals surface area contributed by atoms with Gasteiger partial charge in [-0.05, 0) is 24.1 Å². The summed E-state index contributed by atoms with van der Waals surface area (Å²) in [5, 5.41) is 3.13. The molecule has 0 aromatic heterocycles. The van der Waals surface area contributed by atoms with E-state index < -0.39 is 0 Å². The highest BCUT2D eigenvalue weighted by Crippen LogP contribution is 2.25. The van der Waals surface area contributed by atoms with Crippen molar-refractivity contribution >= 4 is 29.9 Å². The summed E-state index contributed by atoms with van der Waals surface area (Å²) in [7, 11) is 1.67. The van der Waals surface area contributed by atoms with Gasteiger partial charge in [0, 0.05) is 12.0 Å². The number of unbranched alkanes of at least 4 members (excludes halogenated alkanes) is 1. The Morgan fingerprint density at radius 3 is 2.43 bits per heavy atom. The van der Waals surface area contributed by atoms with Crippen LogP contribution in [0.3, 0.4) is 0 Å². The minimum absolute atomic E-state index is 0. The molecule has 0 fully saturated rings. The number of rotatable bonds is 7. The molecule has 0 bridgehead atoms. The smallest absolute Gasteiger partial charge is 0.188 e. The Morgan fingerprint density at radius 1 is 1.29 bits per heavy atom. The molecule has 0 saturated carbocycles. The maximum atomic E-state index is 5.86. The van der Waals surface area contributed by atoms with Crippen LogP contribution < -0.4 is 15.8 Å². The largest absolute Gasteiger partial charge is 0.497 e. The highest BCUT2D eigenvalue weighted by molar-refractivity contribution is 14.0. The third-order valence-electron chi connectivity index (χ3n) is 3.35. The van der Waals surface area contributed by atoms with Gasteiger partial charge in [-0.1, -0.05) is 39.3 Å². The van der Waals surface area contributed by atoms with Crippen LogP contribution in [0.1, 0.15) is 39.2 Å². The summed E-state index contributed by atoms with van der Waals surface area (Å²) in [5.74, 6) is 1.40. The minimum atomic E-state index is -0.0523. The molecular weight excluding hydrogens is 377 g/mol. The molecule has 0 aliphatic carbocycles. The Balaban J connectivity index is 0.00000400. The van der Waals surface area contributed by atoms with Crippen molar-refractivity contribution < 1.29 is 4.74 Å². The van der Waals surface area contributed by atoms with E-state index in [1.165, 1.54) is 5.56 Å². The molecule has 0 amide bonds. The zero-order valence-corrected chi connectivity index (χ0v) is 15.8. The van der Waals surface area contributed by atoms with Gasteiger partial charge in [-0.15, -0.1) is 24.0 Å². The maximum Gasteiger partial charge on any atom is 0.188 e. The van der Waals surface area contributed by atoms with Crippen molar-refractivity contribution in [3.8, 4) is 5.75 Å². The standard InChI is InChI=1S/C16H27N3O.HI/c1-5-6-11-18-15(17)19-12-16(2,3)13-7-9-14(20-4)10-8-13;/h7-10H,5-6,11-12H2,1-4H3,(H3,17,18,19);1H. The maximum absolute atomic E-state index is 5.86.